The van der Waals surface area contributed by atoms with Gasteiger partial charge in [-0.15, -0.1) is 12.4 Å². The van der Waals surface area contributed by atoms with Crippen LogP contribution in [0.1, 0.15) is 31.9 Å². The number of hydrogen-bond donors (Lipinski definition) is 2. The van der Waals surface area contributed by atoms with Crippen LogP contribution in [-0.4, -0.2) is 19.1 Å². The summed E-state index contributed by atoms with van der Waals surface area (Å²) in [5.74, 6) is -0.117. The third-order valence-electron chi connectivity index (χ3n) is 3.02. The molecule has 114 valence electrons. The SMILES string of the molecule is COCc1ccc(CNC(=O)[C@@H](N)C(C)(C)C)cc1.Cl. The molecule has 0 heterocycles. The molecular formula is C15H25ClN2O2. The molecule has 3 N–H and O–H groups in total. The van der Waals surface area contributed by atoms with Crippen LogP contribution in [0.2, 0.25) is 0 Å². The van der Waals surface area contributed by atoms with Gasteiger partial charge in [-0.05, 0) is 16.5 Å². The zero-order valence-electron chi connectivity index (χ0n) is 12.6. The van der Waals surface area contributed by atoms with E-state index in [2.05, 4.69) is 5.32 Å². The molecule has 4 nitrogen and oxygen atoms in total. The van der Waals surface area contributed by atoms with Crippen molar-refractivity contribution in [3.8, 4) is 0 Å². The first-order chi connectivity index (χ1) is 8.84. The molecule has 0 radical (unpaired) electrons. The second kappa shape index (κ2) is 8.25. The van der Waals surface area contributed by atoms with Gasteiger partial charge in [-0.1, -0.05) is 45.0 Å². The minimum atomic E-state index is -0.500. The third kappa shape index (κ3) is 5.90. The Balaban J connectivity index is 0.00000361. The molecule has 0 aliphatic rings. The van der Waals surface area contributed by atoms with E-state index in [0.29, 0.717) is 13.2 Å². The predicted molar refractivity (Wildman–Crippen MR) is 83.7 cm³/mol. The molecule has 1 atom stereocenters. The molecular weight excluding hydrogens is 276 g/mol. The Bertz CT molecular complexity index is 413. The largest absolute Gasteiger partial charge is 0.380 e. The van der Waals surface area contributed by atoms with Gasteiger partial charge in [-0.2, -0.15) is 0 Å². The molecule has 0 aromatic heterocycles. The molecule has 20 heavy (non-hydrogen) atoms. The van der Waals surface area contributed by atoms with E-state index in [0.717, 1.165) is 11.1 Å². The van der Waals surface area contributed by atoms with Gasteiger partial charge >= 0.3 is 0 Å². The number of carbonyl (C=O) groups is 1. The average molecular weight is 301 g/mol. The molecule has 0 fully saturated rings. The maximum atomic E-state index is 11.9. The molecule has 0 aliphatic heterocycles. The fraction of sp³-hybridized carbons (Fsp3) is 0.533. The Morgan fingerprint density at radius 1 is 1.25 bits per heavy atom. The predicted octanol–water partition coefficient (Wildman–Crippen LogP) is 2.24. The number of nitrogens with one attached hydrogen (secondary N) is 1. The van der Waals surface area contributed by atoms with Crippen molar-refractivity contribution in [3.63, 3.8) is 0 Å². The summed E-state index contributed by atoms with van der Waals surface area (Å²) in [5.41, 5.74) is 7.83. The van der Waals surface area contributed by atoms with E-state index in [4.69, 9.17) is 10.5 Å². The number of hydrogen-bond acceptors (Lipinski definition) is 3. The molecule has 1 aromatic rings. The summed E-state index contributed by atoms with van der Waals surface area (Å²) in [6, 6.07) is 7.46. The van der Waals surface area contributed by atoms with E-state index in [1.165, 1.54) is 0 Å². The zero-order valence-corrected chi connectivity index (χ0v) is 13.4. The Morgan fingerprint density at radius 3 is 2.20 bits per heavy atom. The number of halogens is 1. The average Bonchev–Trinajstić information content (AvgIpc) is 2.36. The summed E-state index contributed by atoms with van der Waals surface area (Å²) in [5, 5.41) is 2.86. The minimum absolute atomic E-state index is 0. The van der Waals surface area contributed by atoms with Gasteiger partial charge in [0.2, 0.25) is 5.91 Å². The molecule has 0 bridgehead atoms. The lowest BCUT2D eigenvalue weighted by Crippen LogP contribution is -2.48. The Labute approximate surface area is 127 Å². The highest BCUT2D eigenvalue weighted by Gasteiger charge is 2.26. The molecule has 0 saturated carbocycles. The normalized spacial score (nSPS) is 12.4. The second-order valence-corrected chi connectivity index (χ2v) is 5.81. The molecule has 1 rings (SSSR count). The number of methoxy groups -OCH3 is 1. The van der Waals surface area contributed by atoms with Crippen molar-refractivity contribution in [2.75, 3.05) is 7.11 Å². The minimum Gasteiger partial charge on any atom is -0.380 e. The summed E-state index contributed by atoms with van der Waals surface area (Å²) < 4.78 is 5.05. The van der Waals surface area contributed by atoms with Crippen molar-refractivity contribution in [3.05, 3.63) is 35.4 Å². The second-order valence-electron chi connectivity index (χ2n) is 5.81. The van der Waals surface area contributed by atoms with Gasteiger partial charge in [0.05, 0.1) is 12.6 Å². The van der Waals surface area contributed by atoms with Crippen molar-refractivity contribution in [2.24, 2.45) is 11.1 Å². The zero-order chi connectivity index (χ0) is 14.5. The molecule has 0 aliphatic carbocycles. The lowest BCUT2D eigenvalue weighted by Gasteiger charge is -2.25. The van der Waals surface area contributed by atoms with Gasteiger partial charge in [0.25, 0.3) is 0 Å². The van der Waals surface area contributed by atoms with E-state index in [-0.39, 0.29) is 23.7 Å². The van der Waals surface area contributed by atoms with Crippen LogP contribution in [0.4, 0.5) is 0 Å². The van der Waals surface area contributed by atoms with Crippen LogP contribution in [-0.2, 0) is 22.7 Å². The fourth-order valence-corrected chi connectivity index (χ4v) is 1.61. The summed E-state index contributed by atoms with van der Waals surface area (Å²) in [7, 11) is 1.67. The van der Waals surface area contributed by atoms with E-state index in [1.807, 2.05) is 45.0 Å². The number of ether oxygens (including phenoxy) is 1. The topological polar surface area (TPSA) is 64.3 Å². The van der Waals surface area contributed by atoms with E-state index in [9.17, 15) is 4.79 Å². The lowest BCUT2D eigenvalue weighted by molar-refractivity contribution is -0.124. The summed E-state index contributed by atoms with van der Waals surface area (Å²) in [4.78, 5) is 11.9. The van der Waals surface area contributed by atoms with Crippen LogP contribution in [0.15, 0.2) is 24.3 Å². The number of rotatable bonds is 5. The Kier molecular flexibility index (Phi) is 7.79. The van der Waals surface area contributed by atoms with E-state index < -0.39 is 6.04 Å². The van der Waals surface area contributed by atoms with E-state index in [1.54, 1.807) is 7.11 Å². The van der Waals surface area contributed by atoms with Crippen LogP contribution in [0.3, 0.4) is 0 Å². The van der Waals surface area contributed by atoms with Gasteiger partial charge in [-0.25, -0.2) is 0 Å². The van der Waals surface area contributed by atoms with Crippen molar-refractivity contribution >= 4 is 18.3 Å². The maximum absolute atomic E-state index is 11.9. The Hall–Kier alpha value is -1.10. The molecule has 0 saturated heterocycles. The highest BCUT2D eigenvalue weighted by atomic mass is 35.5. The number of nitrogens with two attached hydrogens (primary N) is 1. The van der Waals surface area contributed by atoms with Crippen LogP contribution in [0.25, 0.3) is 0 Å². The molecule has 1 aromatic carbocycles. The van der Waals surface area contributed by atoms with Crippen LogP contribution < -0.4 is 11.1 Å². The molecule has 0 unspecified atom stereocenters. The summed E-state index contributed by atoms with van der Waals surface area (Å²) in [6.45, 7) is 6.96. The van der Waals surface area contributed by atoms with E-state index >= 15 is 0 Å². The fourth-order valence-electron chi connectivity index (χ4n) is 1.61. The standard InChI is InChI=1S/C15H24N2O2.ClH/c1-15(2,3)13(16)14(18)17-9-11-5-7-12(8-6-11)10-19-4;/h5-8,13H,9-10,16H2,1-4H3,(H,17,18);1H/t13-;/m1./s1. The van der Waals surface area contributed by atoms with Gasteiger partial charge < -0.3 is 15.8 Å². The van der Waals surface area contributed by atoms with Crippen molar-refractivity contribution in [1.82, 2.24) is 5.32 Å². The van der Waals surface area contributed by atoms with Crippen molar-refractivity contribution in [1.29, 1.82) is 0 Å². The number of amides is 1. The smallest absolute Gasteiger partial charge is 0.237 e. The highest BCUT2D eigenvalue weighted by Crippen LogP contribution is 2.17. The highest BCUT2D eigenvalue weighted by molar-refractivity contribution is 5.85. The number of benzene rings is 1. The van der Waals surface area contributed by atoms with Crippen LogP contribution >= 0.6 is 12.4 Å². The van der Waals surface area contributed by atoms with Crippen LogP contribution in [0.5, 0.6) is 0 Å². The first-order valence-electron chi connectivity index (χ1n) is 6.44. The van der Waals surface area contributed by atoms with Gasteiger partial charge in [-0.3, -0.25) is 4.79 Å². The van der Waals surface area contributed by atoms with Crippen molar-refractivity contribution in [2.45, 2.75) is 40.0 Å². The lowest BCUT2D eigenvalue weighted by atomic mass is 9.87. The molecule has 1 amide bonds. The number of carbonyl (C=O) groups excluding carboxylic acids is 1. The third-order valence-corrected chi connectivity index (χ3v) is 3.02. The summed E-state index contributed by atoms with van der Waals surface area (Å²) >= 11 is 0. The first-order valence-corrected chi connectivity index (χ1v) is 6.44. The van der Waals surface area contributed by atoms with Gasteiger partial charge in [0, 0.05) is 13.7 Å². The van der Waals surface area contributed by atoms with Crippen LogP contribution in [0, 0.1) is 5.41 Å². The monoisotopic (exact) mass is 300 g/mol. The van der Waals surface area contributed by atoms with Gasteiger partial charge in [0.15, 0.2) is 0 Å². The molecule has 0 spiro atoms. The van der Waals surface area contributed by atoms with Crippen molar-refractivity contribution < 1.29 is 9.53 Å². The maximum Gasteiger partial charge on any atom is 0.237 e. The van der Waals surface area contributed by atoms with Gasteiger partial charge in [0.1, 0.15) is 0 Å². The first kappa shape index (κ1) is 18.9. The summed E-state index contributed by atoms with van der Waals surface area (Å²) in [6.07, 6.45) is 0. The Morgan fingerprint density at radius 2 is 1.75 bits per heavy atom. The quantitative estimate of drug-likeness (QED) is 0.876. The molecule has 5 heteroatoms.